The molecule has 1 unspecified atom stereocenters. The Kier molecular flexibility index (Phi) is 5.58. The number of carbonyl (C=O) groups excluding carboxylic acids is 1. The van der Waals surface area contributed by atoms with Crippen molar-refractivity contribution in [3.63, 3.8) is 0 Å². The average molecular weight is 458 g/mol. The lowest BCUT2D eigenvalue weighted by atomic mass is 10.1. The molecule has 3 heterocycles. The fourth-order valence-corrected chi connectivity index (χ4v) is 3.96. The highest BCUT2D eigenvalue weighted by molar-refractivity contribution is 6.36. The minimum Gasteiger partial charge on any atom is -0.360 e. The van der Waals surface area contributed by atoms with Crippen molar-refractivity contribution in [2.45, 2.75) is 19.5 Å². The van der Waals surface area contributed by atoms with Crippen molar-refractivity contribution in [2.75, 3.05) is 5.32 Å². The van der Waals surface area contributed by atoms with Gasteiger partial charge in [0.2, 0.25) is 0 Å². The maximum atomic E-state index is 13.2. The molecule has 0 spiro atoms. The Morgan fingerprint density at radius 2 is 1.94 bits per heavy atom. The van der Waals surface area contributed by atoms with E-state index in [0.717, 1.165) is 10.9 Å². The molecule has 0 radical (unpaired) electrons. The fourth-order valence-electron chi connectivity index (χ4n) is 3.69. The molecule has 1 amide bonds. The number of hydrogen-bond acceptors (Lipinski definition) is 6. The summed E-state index contributed by atoms with van der Waals surface area (Å²) in [6, 6.07) is 16.9. The quantitative estimate of drug-likeness (QED) is 0.342. The molecular formula is C24H20ClN7O. The number of amides is 1. The first-order valence-electron chi connectivity index (χ1n) is 10.4. The lowest BCUT2D eigenvalue weighted by molar-refractivity contribution is 0.0947. The van der Waals surface area contributed by atoms with E-state index in [2.05, 4.69) is 30.6 Å². The summed E-state index contributed by atoms with van der Waals surface area (Å²) in [6.45, 7) is 2.35. The van der Waals surface area contributed by atoms with Crippen LogP contribution in [0, 0.1) is 0 Å². The van der Waals surface area contributed by atoms with Gasteiger partial charge in [0.15, 0.2) is 11.5 Å². The summed E-state index contributed by atoms with van der Waals surface area (Å²) >= 11 is 6.47. The Bertz CT molecular complexity index is 1450. The lowest BCUT2D eigenvalue weighted by Gasteiger charge is -2.17. The van der Waals surface area contributed by atoms with Gasteiger partial charge in [0.1, 0.15) is 17.5 Å². The second-order valence-corrected chi connectivity index (χ2v) is 8.00. The van der Waals surface area contributed by atoms with E-state index < -0.39 is 0 Å². The third kappa shape index (κ3) is 4.20. The summed E-state index contributed by atoms with van der Waals surface area (Å²) in [4.78, 5) is 33.5. The van der Waals surface area contributed by atoms with E-state index in [0.29, 0.717) is 39.6 Å². The second-order valence-electron chi connectivity index (χ2n) is 7.59. The van der Waals surface area contributed by atoms with Crippen LogP contribution < -0.4 is 10.6 Å². The topological polar surface area (TPSA) is 108 Å². The number of pyridine rings is 1. The maximum absolute atomic E-state index is 13.2. The van der Waals surface area contributed by atoms with Gasteiger partial charge in [-0.1, -0.05) is 54.1 Å². The third-order valence-electron chi connectivity index (χ3n) is 5.36. The molecule has 8 nitrogen and oxygen atoms in total. The number of hydrogen-bond donors (Lipinski definition) is 3. The van der Waals surface area contributed by atoms with Crippen LogP contribution in [0.4, 0.5) is 5.82 Å². The van der Waals surface area contributed by atoms with E-state index >= 15 is 0 Å². The van der Waals surface area contributed by atoms with Crippen LogP contribution in [-0.2, 0) is 6.54 Å². The van der Waals surface area contributed by atoms with Crippen LogP contribution in [0.3, 0.4) is 0 Å². The van der Waals surface area contributed by atoms with Gasteiger partial charge in [0.25, 0.3) is 5.91 Å². The van der Waals surface area contributed by atoms with Crippen LogP contribution in [0.25, 0.3) is 21.9 Å². The number of nitrogens with one attached hydrogen (secondary N) is 3. The smallest absolute Gasteiger partial charge is 0.270 e. The van der Waals surface area contributed by atoms with Gasteiger partial charge >= 0.3 is 0 Å². The number of benzene rings is 2. The van der Waals surface area contributed by atoms with E-state index in [1.807, 2.05) is 55.5 Å². The van der Waals surface area contributed by atoms with Gasteiger partial charge in [-0.25, -0.2) is 19.9 Å². The number of carbonyl (C=O) groups is 1. The van der Waals surface area contributed by atoms with Crippen LogP contribution in [-0.4, -0.2) is 30.8 Å². The predicted octanol–water partition coefficient (Wildman–Crippen LogP) is 4.66. The molecule has 3 aromatic heterocycles. The average Bonchev–Trinajstić information content (AvgIpc) is 3.33. The fraction of sp³-hybridized carbons (Fsp3) is 0.125. The van der Waals surface area contributed by atoms with E-state index in [-0.39, 0.29) is 17.6 Å². The molecule has 0 saturated carbocycles. The van der Waals surface area contributed by atoms with Crippen LogP contribution in [0.5, 0.6) is 0 Å². The van der Waals surface area contributed by atoms with E-state index in [9.17, 15) is 4.79 Å². The number of imidazole rings is 1. The van der Waals surface area contributed by atoms with Crippen LogP contribution in [0.1, 0.15) is 34.7 Å². The van der Waals surface area contributed by atoms with Gasteiger partial charge in [0, 0.05) is 11.9 Å². The lowest BCUT2D eigenvalue weighted by Crippen LogP contribution is -2.25. The van der Waals surface area contributed by atoms with Crippen molar-refractivity contribution in [3.05, 3.63) is 89.2 Å². The molecule has 5 rings (SSSR count). The number of aromatic nitrogens is 5. The maximum Gasteiger partial charge on any atom is 0.270 e. The van der Waals surface area contributed by atoms with Crippen LogP contribution >= 0.6 is 11.6 Å². The zero-order chi connectivity index (χ0) is 22.8. The first-order chi connectivity index (χ1) is 16.1. The van der Waals surface area contributed by atoms with E-state index in [1.165, 1.54) is 6.33 Å². The number of anilines is 1. The number of rotatable bonds is 6. The van der Waals surface area contributed by atoms with Crippen molar-refractivity contribution in [2.24, 2.45) is 0 Å². The van der Waals surface area contributed by atoms with E-state index in [1.54, 1.807) is 12.4 Å². The standard InChI is InChI=1S/C24H20ClN7O/c1-14(31-23-21-22(28-12-27-21)29-13-30-23)18-10-16-8-5-9-17(25)19(16)20(32-18)24(33)26-11-15-6-3-2-4-7-15/h2-10,12-14H,11H2,1H3,(H,26,33)(H2,27,28,29,30,31). The molecule has 2 aromatic carbocycles. The minimum atomic E-state index is -0.288. The molecule has 0 aliphatic heterocycles. The van der Waals surface area contributed by atoms with Crippen molar-refractivity contribution < 1.29 is 4.79 Å². The summed E-state index contributed by atoms with van der Waals surface area (Å²) in [5.74, 6) is 0.317. The predicted molar refractivity (Wildman–Crippen MR) is 128 cm³/mol. The molecular weight excluding hydrogens is 438 g/mol. The highest BCUT2D eigenvalue weighted by atomic mass is 35.5. The van der Waals surface area contributed by atoms with Gasteiger partial charge in [-0.2, -0.15) is 0 Å². The zero-order valence-electron chi connectivity index (χ0n) is 17.7. The Labute approximate surface area is 194 Å². The summed E-state index contributed by atoms with van der Waals surface area (Å²) in [6.07, 6.45) is 3.02. The molecule has 5 aromatic rings. The normalized spacial score (nSPS) is 12.1. The number of H-pyrrole nitrogens is 1. The number of aromatic amines is 1. The summed E-state index contributed by atoms with van der Waals surface area (Å²) in [5, 5.41) is 8.23. The molecule has 0 aliphatic rings. The Morgan fingerprint density at radius 3 is 2.79 bits per heavy atom. The zero-order valence-corrected chi connectivity index (χ0v) is 18.5. The highest BCUT2D eigenvalue weighted by Gasteiger charge is 2.19. The van der Waals surface area contributed by atoms with Gasteiger partial charge in [-0.15, -0.1) is 0 Å². The Hall–Kier alpha value is -4.04. The Morgan fingerprint density at radius 1 is 1.09 bits per heavy atom. The largest absolute Gasteiger partial charge is 0.360 e. The molecule has 33 heavy (non-hydrogen) atoms. The van der Waals surface area contributed by atoms with E-state index in [4.69, 9.17) is 16.6 Å². The summed E-state index contributed by atoms with van der Waals surface area (Å²) in [7, 11) is 0. The minimum absolute atomic E-state index is 0.254. The number of halogens is 1. The molecule has 1 atom stereocenters. The van der Waals surface area contributed by atoms with Crippen molar-refractivity contribution in [3.8, 4) is 0 Å². The molecule has 164 valence electrons. The first kappa shape index (κ1) is 20.8. The molecule has 0 aliphatic carbocycles. The number of nitrogens with zero attached hydrogens (tertiary/aromatic N) is 4. The van der Waals surface area contributed by atoms with Crippen molar-refractivity contribution in [1.29, 1.82) is 0 Å². The van der Waals surface area contributed by atoms with Gasteiger partial charge in [-0.05, 0) is 30.0 Å². The molecule has 9 heteroatoms. The highest BCUT2D eigenvalue weighted by Crippen LogP contribution is 2.29. The van der Waals surface area contributed by atoms with Crippen LogP contribution in [0.2, 0.25) is 5.02 Å². The van der Waals surface area contributed by atoms with Gasteiger partial charge in [0.05, 0.1) is 23.1 Å². The number of fused-ring (bicyclic) bond motifs is 2. The SMILES string of the molecule is CC(Nc1ncnc2nc[nH]c12)c1cc2cccc(Cl)c2c(C(=O)NCc2ccccc2)n1. The van der Waals surface area contributed by atoms with Gasteiger partial charge in [-0.3, -0.25) is 4.79 Å². The molecule has 3 N–H and O–H groups in total. The summed E-state index contributed by atoms with van der Waals surface area (Å²) in [5.41, 5.74) is 3.24. The van der Waals surface area contributed by atoms with Gasteiger partial charge < -0.3 is 15.6 Å². The molecule has 0 bridgehead atoms. The second kappa shape index (κ2) is 8.84. The third-order valence-corrected chi connectivity index (χ3v) is 5.67. The van der Waals surface area contributed by atoms with Crippen molar-refractivity contribution >= 4 is 45.3 Å². The molecule has 0 fully saturated rings. The monoisotopic (exact) mass is 457 g/mol. The summed E-state index contributed by atoms with van der Waals surface area (Å²) < 4.78 is 0. The van der Waals surface area contributed by atoms with Crippen LogP contribution in [0.15, 0.2) is 67.3 Å². The van der Waals surface area contributed by atoms with Crippen molar-refractivity contribution in [1.82, 2.24) is 30.2 Å². The Balaban J connectivity index is 1.49. The molecule has 0 saturated heterocycles. The first-order valence-corrected chi connectivity index (χ1v) is 10.8.